The van der Waals surface area contributed by atoms with Crippen molar-refractivity contribution < 1.29 is 14.7 Å². The van der Waals surface area contributed by atoms with Crippen LogP contribution in [0, 0.1) is 0 Å². The van der Waals surface area contributed by atoms with Crippen molar-refractivity contribution in [3.05, 3.63) is 35.9 Å². The van der Waals surface area contributed by atoms with Crippen molar-refractivity contribution in [3.8, 4) is 0 Å². The van der Waals surface area contributed by atoms with E-state index in [4.69, 9.17) is 9.94 Å². The minimum atomic E-state index is -0.369. The van der Waals surface area contributed by atoms with E-state index in [0.29, 0.717) is 0 Å². The Morgan fingerprint density at radius 2 is 2.06 bits per heavy atom. The van der Waals surface area contributed by atoms with Crippen LogP contribution in [-0.4, -0.2) is 23.2 Å². The molecule has 1 aliphatic rings. The maximum atomic E-state index is 11.4. The molecule has 0 saturated heterocycles. The third kappa shape index (κ3) is 2.81. The summed E-state index contributed by atoms with van der Waals surface area (Å²) in [5.74, 6) is -0.328. The second kappa shape index (κ2) is 4.63. The number of aliphatic hydroxyl groups excluding tert-OH is 1. The van der Waals surface area contributed by atoms with Gasteiger partial charge in [0.1, 0.15) is 0 Å². The third-order valence-electron chi connectivity index (χ3n) is 2.73. The lowest BCUT2D eigenvalue weighted by Crippen LogP contribution is -2.37. The fourth-order valence-corrected chi connectivity index (χ4v) is 1.41. The highest BCUT2D eigenvalue weighted by atomic mass is 16.7. The van der Waals surface area contributed by atoms with Gasteiger partial charge in [-0.2, -0.15) is 0 Å². The van der Waals surface area contributed by atoms with E-state index in [-0.39, 0.29) is 24.5 Å². The molecular formula is C12H15NO3. The normalized spacial score (nSPS) is 16.8. The lowest BCUT2D eigenvalue weighted by molar-refractivity contribution is -0.153. The number of hydrogen-bond acceptors (Lipinski definition) is 4. The second-order valence-corrected chi connectivity index (χ2v) is 4.18. The molecule has 0 bridgehead atoms. The van der Waals surface area contributed by atoms with Gasteiger partial charge in [0.25, 0.3) is 0 Å². The summed E-state index contributed by atoms with van der Waals surface area (Å²) >= 11 is 0. The van der Waals surface area contributed by atoms with Crippen molar-refractivity contribution in [1.82, 2.24) is 5.48 Å². The minimum absolute atomic E-state index is 0.00557. The molecule has 0 spiro atoms. The van der Waals surface area contributed by atoms with Gasteiger partial charge in [0, 0.05) is 0 Å². The van der Waals surface area contributed by atoms with Crippen LogP contribution in [0.2, 0.25) is 0 Å². The summed E-state index contributed by atoms with van der Waals surface area (Å²) in [4.78, 5) is 16.4. The van der Waals surface area contributed by atoms with Crippen LogP contribution >= 0.6 is 0 Å². The van der Waals surface area contributed by atoms with E-state index < -0.39 is 0 Å². The Morgan fingerprint density at radius 3 is 2.62 bits per heavy atom. The number of carbonyl (C=O) groups excluding carboxylic acids is 1. The summed E-state index contributed by atoms with van der Waals surface area (Å²) in [5.41, 5.74) is 3.19. The number of rotatable bonds is 5. The molecule has 0 amide bonds. The molecule has 86 valence electrons. The molecule has 1 aromatic carbocycles. The van der Waals surface area contributed by atoms with Gasteiger partial charge in [-0.3, -0.25) is 4.79 Å². The SMILES string of the molecule is O=C(Cc1ccccc1)ONC1(CO)CC1. The van der Waals surface area contributed by atoms with Gasteiger partial charge in [0.05, 0.1) is 18.6 Å². The summed E-state index contributed by atoms with van der Waals surface area (Å²) < 4.78 is 0. The van der Waals surface area contributed by atoms with E-state index in [1.165, 1.54) is 0 Å². The van der Waals surface area contributed by atoms with E-state index in [1.807, 2.05) is 30.3 Å². The molecule has 0 heterocycles. The highest BCUT2D eigenvalue weighted by molar-refractivity contribution is 5.72. The van der Waals surface area contributed by atoms with E-state index in [1.54, 1.807) is 0 Å². The molecule has 0 atom stereocenters. The summed E-state index contributed by atoms with van der Waals surface area (Å²) in [6.45, 7) is 0.00557. The van der Waals surface area contributed by atoms with Gasteiger partial charge < -0.3 is 9.94 Å². The molecule has 1 aliphatic carbocycles. The van der Waals surface area contributed by atoms with Crippen LogP contribution in [0.3, 0.4) is 0 Å². The first-order chi connectivity index (χ1) is 7.74. The number of nitrogens with one attached hydrogen (secondary N) is 1. The molecular weight excluding hydrogens is 206 g/mol. The van der Waals surface area contributed by atoms with Crippen molar-refractivity contribution in [2.24, 2.45) is 0 Å². The van der Waals surface area contributed by atoms with Crippen molar-refractivity contribution in [2.75, 3.05) is 6.61 Å². The molecule has 0 aliphatic heterocycles. The quantitative estimate of drug-likeness (QED) is 0.722. The Hall–Kier alpha value is -1.39. The van der Waals surface area contributed by atoms with Crippen molar-refractivity contribution in [2.45, 2.75) is 24.8 Å². The summed E-state index contributed by atoms with van der Waals surface area (Å²) in [6, 6.07) is 9.41. The summed E-state index contributed by atoms with van der Waals surface area (Å²) in [5, 5.41) is 9.01. The van der Waals surface area contributed by atoms with Crippen LogP contribution < -0.4 is 5.48 Å². The van der Waals surface area contributed by atoms with Gasteiger partial charge in [-0.25, -0.2) is 0 Å². The maximum absolute atomic E-state index is 11.4. The molecule has 1 saturated carbocycles. The van der Waals surface area contributed by atoms with E-state index in [9.17, 15) is 4.79 Å². The zero-order valence-electron chi connectivity index (χ0n) is 8.98. The summed E-state index contributed by atoms with van der Waals surface area (Å²) in [6.07, 6.45) is 1.94. The Kier molecular flexibility index (Phi) is 3.22. The predicted octanol–water partition coefficient (Wildman–Crippen LogP) is 0.802. The number of benzene rings is 1. The summed E-state index contributed by atoms with van der Waals surface area (Å²) in [7, 11) is 0. The van der Waals surface area contributed by atoms with Gasteiger partial charge in [-0.05, 0) is 18.4 Å². The van der Waals surface area contributed by atoms with Crippen molar-refractivity contribution >= 4 is 5.97 Å². The highest BCUT2D eigenvalue weighted by Crippen LogP contribution is 2.34. The van der Waals surface area contributed by atoms with Gasteiger partial charge >= 0.3 is 5.97 Å². The first kappa shape index (κ1) is 11.1. The van der Waals surface area contributed by atoms with E-state index >= 15 is 0 Å². The molecule has 4 nitrogen and oxygen atoms in total. The molecule has 2 N–H and O–H groups in total. The molecule has 16 heavy (non-hydrogen) atoms. The van der Waals surface area contributed by atoms with Crippen LogP contribution in [0.15, 0.2) is 30.3 Å². The maximum Gasteiger partial charge on any atom is 0.329 e. The predicted molar refractivity (Wildman–Crippen MR) is 58.4 cm³/mol. The zero-order valence-corrected chi connectivity index (χ0v) is 8.98. The first-order valence-corrected chi connectivity index (χ1v) is 5.36. The lowest BCUT2D eigenvalue weighted by Gasteiger charge is -2.13. The Morgan fingerprint density at radius 1 is 1.38 bits per heavy atom. The standard InChI is InChI=1S/C12H15NO3/c14-9-12(6-7-12)13-16-11(15)8-10-4-2-1-3-5-10/h1-5,13-14H,6-9H2. The average molecular weight is 221 g/mol. The van der Waals surface area contributed by atoms with Crippen LogP contribution in [0.4, 0.5) is 0 Å². The Bertz CT molecular complexity index is 360. The molecule has 1 aromatic rings. The van der Waals surface area contributed by atoms with Gasteiger partial charge in [0.2, 0.25) is 0 Å². The largest absolute Gasteiger partial charge is 0.394 e. The monoisotopic (exact) mass is 221 g/mol. The first-order valence-electron chi connectivity index (χ1n) is 5.36. The number of hydroxylamine groups is 1. The van der Waals surface area contributed by atoms with Crippen LogP contribution in [0.5, 0.6) is 0 Å². The lowest BCUT2D eigenvalue weighted by atomic mass is 10.2. The van der Waals surface area contributed by atoms with Gasteiger partial charge in [-0.1, -0.05) is 30.3 Å². The third-order valence-corrected chi connectivity index (χ3v) is 2.73. The van der Waals surface area contributed by atoms with E-state index in [2.05, 4.69) is 5.48 Å². The number of carbonyl (C=O) groups is 1. The van der Waals surface area contributed by atoms with E-state index in [0.717, 1.165) is 18.4 Å². The molecule has 2 rings (SSSR count). The van der Waals surface area contributed by atoms with Crippen LogP contribution in [0.1, 0.15) is 18.4 Å². The van der Waals surface area contributed by atoms with Crippen molar-refractivity contribution in [1.29, 1.82) is 0 Å². The zero-order chi connectivity index (χ0) is 11.4. The van der Waals surface area contributed by atoms with Gasteiger partial charge in [-0.15, -0.1) is 5.48 Å². The molecule has 1 fully saturated rings. The van der Waals surface area contributed by atoms with Crippen molar-refractivity contribution in [3.63, 3.8) is 0 Å². The minimum Gasteiger partial charge on any atom is -0.394 e. The van der Waals surface area contributed by atoms with Gasteiger partial charge in [0.15, 0.2) is 0 Å². The fraction of sp³-hybridized carbons (Fsp3) is 0.417. The highest BCUT2D eigenvalue weighted by Gasteiger charge is 2.43. The number of hydrogen-bond donors (Lipinski definition) is 2. The van der Waals surface area contributed by atoms with Crippen LogP contribution in [-0.2, 0) is 16.1 Å². The molecule has 0 unspecified atom stereocenters. The smallest absolute Gasteiger partial charge is 0.329 e. The molecule has 0 radical (unpaired) electrons. The second-order valence-electron chi connectivity index (χ2n) is 4.18. The topological polar surface area (TPSA) is 58.6 Å². The average Bonchev–Trinajstić information content (AvgIpc) is 3.09. The Labute approximate surface area is 94.2 Å². The molecule has 0 aromatic heterocycles. The fourth-order valence-electron chi connectivity index (χ4n) is 1.41. The molecule has 4 heteroatoms. The Balaban J connectivity index is 1.77. The van der Waals surface area contributed by atoms with Crippen LogP contribution in [0.25, 0.3) is 0 Å². The number of aliphatic hydroxyl groups is 1.